The molecule has 1 fully saturated rings. The maximum Gasteiger partial charge on any atom is 0.416 e. The van der Waals surface area contributed by atoms with Crippen molar-refractivity contribution in [1.82, 2.24) is 15.2 Å². The van der Waals surface area contributed by atoms with Gasteiger partial charge in [-0.15, -0.1) is 0 Å². The lowest BCUT2D eigenvalue weighted by molar-refractivity contribution is -0.137. The second-order valence-corrected chi connectivity index (χ2v) is 8.41. The number of nitrogens with zero attached hydrogens (tertiary/aromatic N) is 4. The summed E-state index contributed by atoms with van der Waals surface area (Å²) in [6.45, 7) is 8.22. The van der Waals surface area contributed by atoms with Crippen LogP contribution in [-0.4, -0.2) is 60.7 Å². The number of benzene rings is 1. The molecular weight excluding hydrogens is 487 g/mol. The van der Waals surface area contributed by atoms with Crippen LogP contribution in [-0.2, 0) is 10.9 Å². The molecule has 2 aliphatic rings. The minimum Gasteiger partial charge on any atom is -0.382 e. The molecule has 1 amide bonds. The molecule has 1 aromatic heterocycles. The lowest BCUT2D eigenvalue weighted by Crippen LogP contribution is -2.46. The van der Waals surface area contributed by atoms with Gasteiger partial charge in [0.25, 0.3) is 5.91 Å². The number of amidine groups is 1. The highest BCUT2D eigenvalue weighted by atomic mass is 19.4. The summed E-state index contributed by atoms with van der Waals surface area (Å²) in [5.74, 6) is -0.558. The Morgan fingerprint density at radius 2 is 2.03 bits per heavy atom. The van der Waals surface area contributed by atoms with Crippen LogP contribution in [0.25, 0.3) is 5.70 Å². The van der Waals surface area contributed by atoms with Crippen molar-refractivity contribution < 1.29 is 22.7 Å². The Labute approximate surface area is 211 Å². The van der Waals surface area contributed by atoms with Gasteiger partial charge in [0.05, 0.1) is 30.5 Å². The minimum absolute atomic E-state index is 0.0698. The number of carbonyl (C=O) groups excluding carboxylic acids is 1. The standard InChI is InChI=1S/C25H26F3N7O2/c1-15-12-33-23(29)22(35(15)14-19-13-31-9-10-37-19)21(30-2)16-3-5-17(6-4-16)24(36)34-20-11-18(7-8-32-20)25(26,27)28/h3-8,11-12,19,31H,2,9-10,13-14H2,1H3,(H2,29,33)(H,32,34,36)/b22-21-/t19-/m1/s1. The number of alkyl halides is 3. The van der Waals surface area contributed by atoms with Crippen LogP contribution < -0.4 is 16.4 Å². The third-order valence-corrected chi connectivity index (χ3v) is 5.85. The van der Waals surface area contributed by atoms with Crippen LogP contribution in [0.2, 0.25) is 0 Å². The fourth-order valence-corrected chi connectivity index (χ4v) is 3.98. The number of allylic oxidation sites excluding steroid dienone is 1. The molecule has 0 radical (unpaired) electrons. The molecule has 3 heterocycles. The molecule has 0 bridgehead atoms. The number of carbonyl (C=O) groups is 1. The molecule has 1 aromatic carbocycles. The SMILES string of the molecule is C=N/C(=C1/C(N)=NC=C(C)N1C[C@H]1CNCCO1)c1ccc(C(=O)Nc2cc(C(F)(F)F)ccn2)cc1. The number of ether oxygens (including phenoxy) is 1. The first-order valence-electron chi connectivity index (χ1n) is 11.4. The summed E-state index contributed by atoms with van der Waals surface area (Å²) in [7, 11) is 0. The van der Waals surface area contributed by atoms with Gasteiger partial charge in [0.1, 0.15) is 17.4 Å². The number of morpholine rings is 1. The fourth-order valence-electron chi connectivity index (χ4n) is 3.98. The summed E-state index contributed by atoms with van der Waals surface area (Å²) >= 11 is 0. The summed E-state index contributed by atoms with van der Waals surface area (Å²) in [4.78, 5) is 26.9. The van der Waals surface area contributed by atoms with Crippen molar-refractivity contribution in [2.24, 2.45) is 15.7 Å². The minimum atomic E-state index is -4.54. The third kappa shape index (κ3) is 6.04. The van der Waals surface area contributed by atoms with Crippen molar-refractivity contribution in [3.05, 3.63) is 76.9 Å². The fraction of sp³-hybridized carbons (Fsp3) is 0.280. The Balaban J connectivity index is 1.58. The highest BCUT2D eigenvalue weighted by Crippen LogP contribution is 2.31. The van der Waals surface area contributed by atoms with Gasteiger partial charge in [-0.3, -0.25) is 9.79 Å². The normalized spacial score (nSPS) is 19.6. The maximum atomic E-state index is 13.0. The number of halogens is 3. The molecule has 9 nitrogen and oxygen atoms in total. The molecule has 37 heavy (non-hydrogen) atoms. The zero-order valence-electron chi connectivity index (χ0n) is 20.0. The topological polar surface area (TPSA) is 117 Å². The summed E-state index contributed by atoms with van der Waals surface area (Å²) in [5, 5.41) is 5.69. The Bertz CT molecular complexity index is 1260. The average molecular weight is 514 g/mol. The molecule has 0 unspecified atom stereocenters. The molecule has 0 spiro atoms. The van der Waals surface area contributed by atoms with Crippen LogP contribution >= 0.6 is 0 Å². The predicted molar refractivity (Wildman–Crippen MR) is 135 cm³/mol. The van der Waals surface area contributed by atoms with E-state index >= 15 is 0 Å². The molecule has 1 saturated heterocycles. The van der Waals surface area contributed by atoms with E-state index < -0.39 is 17.6 Å². The monoisotopic (exact) mass is 513 g/mol. The Hall–Kier alpha value is -4.03. The van der Waals surface area contributed by atoms with Crippen molar-refractivity contribution in [1.29, 1.82) is 0 Å². The molecular formula is C25H26F3N7O2. The summed E-state index contributed by atoms with van der Waals surface area (Å²) in [6, 6.07) is 7.98. The van der Waals surface area contributed by atoms with Crippen molar-refractivity contribution in [2.75, 3.05) is 31.6 Å². The predicted octanol–water partition coefficient (Wildman–Crippen LogP) is 3.24. The lowest BCUT2D eigenvalue weighted by Gasteiger charge is -2.35. The van der Waals surface area contributed by atoms with Gasteiger partial charge in [-0.2, -0.15) is 13.2 Å². The molecule has 0 saturated carbocycles. The second-order valence-electron chi connectivity index (χ2n) is 8.41. The molecule has 0 aliphatic carbocycles. The van der Waals surface area contributed by atoms with Gasteiger partial charge >= 0.3 is 6.18 Å². The molecule has 2 aromatic rings. The molecule has 1 atom stereocenters. The first-order valence-corrected chi connectivity index (χ1v) is 11.4. The Morgan fingerprint density at radius 1 is 1.30 bits per heavy atom. The van der Waals surface area contributed by atoms with E-state index in [4.69, 9.17) is 10.5 Å². The summed E-state index contributed by atoms with van der Waals surface area (Å²) in [5.41, 5.74) is 8.08. The van der Waals surface area contributed by atoms with Crippen molar-refractivity contribution in [2.45, 2.75) is 19.2 Å². The van der Waals surface area contributed by atoms with Gasteiger partial charge < -0.3 is 26.0 Å². The molecule has 194 valence electrons. The number of amides is 1. The van der Waals surface area contributed by atoms with E-state index in [0.717, 1.165) is 30.6 Å². The largest absolute Gasteiger partial charge is 0.416 e. The van der Waals surface area contributed by atoms with E-state index in [2.05, 4.69) is 32.3 Å². The number of aliphatic imine (C=N–C) groups is 2. The average Bonchev–Trinajstić information content (AvgIpc) is 2.89. The smallest absolute Gasteiger partial charge is 0.382 e. The van der Waals surface area contributed by atoms with Gasteiger partial charge in [-0.25, -0.2) is 9.98 Å². The number of nitrogens with one attached hydrogen (secondary N) is 2. The zero-order valence-corrected chi connectivity index (χ0v) is 20.0. The van der Waals surface area contributed by atoms with Crippen LogP contribution in [0.15, 0.2) is 70.2 Å². The van der Waals surface area contributed by atoms with Crippen molar-refractivity contribution >= 4 is 30.0 Å². The van der Waals surface area contributed by atoms with Crippen LogP contribution in [0.4, 0.5) is 19.0 Å². The van der Waals surface area contributed by atoms with Crippen molar-refractivity contribution in [3.8, 4) is 0 Å². The van der Waals surface area contributed by atoms with Gasteiger partial charge in [0.15, 0.2) is 0 Å². The van der Waals surface area contributed by atoms with Gasteiger partial charge in [-0.1, -0.05) is 12.1 Å². The number of rotatable bonds is 6. The molecule has 4 N–H and O–H groups in total. The van der Waals surface area contributed by atoms with Crippen LogP contribution in [0, 0.1) is 0 Å². The van der Waals surface area contributed by atoms with E-state index in [0.29, 0.717) is 36.7 Å². The first-order chi connectivity index (χ1) is 17.7. The van der Waals surface area contributed by atoms with Gasteiger partial charge in [-0.05, 0) is 37.9 Å². The highest BCUT2D eigenvalue weighted by Gasteiger charge is 2.31. The van der Waals surface area contributed by atoms with Crippen LogP contribution in [0.3, 0.4) is 0 Å². The van der Waals surface area contributed by atoms with E-state index in [1.807, 2.05) is 11.8 Å². The molecule has 4 rings (SSSR count). The summed E-state index contributed by atoms with van der Waals surface area (Å²) in [6.07, 6.45) is -1.95. The van der Waals surface area contributed by atoms with Gasteiger partial charge in [0, 0.05) is 42.3 Å². The maximum absolute atomic E-state index is 13.0. The lowest BCUT2D eigenvalue weighted by atomic mass is 10.0. The molecule has 2 aliphatic heterocycles. The first kappa shape index (κ1) is 26.0. The molecule has 12 heteroatoms. The number of anilines is 1. The van der Waals surface area contributed by atoms with Crippen LogP contribution in [0.5, 0.6) is 0 Å². The van der Waals surface area contributed by atoms with E-state index in [9.17, 15) is 18.0 Å². The number of nitrogens with two attached hydrogens (primary N) is 1. The Morgan fingerprint density at radius 3 is 2.68 bits per heavy atom. The number of hydrogen-bond donors (Lipinski definition) is 3. The Kier molecular flexibility index (Phi) is 7.69. The van der Waals surface area contributed by atoms with Crippen LogP contribution in [0.1, 0.15) is 28.4 Å². The zero-order chi connectivity index (χ0) is 26.6. The highest BCUT2D eigenvalue weighted by molar-refractivity contribution is 6.06. The third-order valence-electron chi connectivity index (χ3n) is 5.85. The van der Waals surface area contributed by atoms with E-state index in [1.165, 1.54) is 12.1 Å². The van der Waals surface area contributed by atoms with Gasteiger partial charge in [0.2, 0.25) is 0 Å². The second kappa shape index (κ2) is 10.9. The van der Waals surface area contributed by atoms with Crippen molar-refractivity contribution in [3.63, 3.8) is 0 Å². The quantitative estimate of drug-likeness (QED) is 0.511. The summed E-state index contributed by atoms with van der Waals surface area (Å²) < 4.78 is 44.7. The number of pyridine rings is 1. The van der Waals surface area contributed by atoms with E-state index in [1.54, 1.807) is 18.3 Å². The number of aromatic nitrogens is 1. The number of hydrogen-bond acceptors (Lipinski definition) is 8. The van der Waals surface area contributed by atoms with E-state index in [-0.39, 0.29) is 23.3 Å².